The molecule has 26 heavy (non-hydrogen) atoms. The average Bonchev–Trinajstić information content (AvgIpc) is 3.03. The minimum atomic E-state index is -4.72. The van der Waals surface area contributed by atoms with Crippen molar-refractivity contribution in [2.24, 2.45) is 0 Å². The number of nitro benzene ring substituents is 1. The molecule has 0 aliphatic heterocycles. The lowest BCUT2D eigenvalue weighted by Crippen LogP contribution is -2.14. The zero-order chi connectivity index (χ0) is 19.5. The van der Waals surface area contributed by atoms with Crippen molar-refractivity contribution in [3.8, 4) is 0 Å². The van der Waals surface area contributed by atoms with Crippen LogP contribution in [0, 0.1) is 10.1 Å². The zero-order valence-electron chi connectivity index (χ0n) is 12.9. The van der Waals surface area contributed by atoms with E-state index in [0.29, 0.717) is 0 Å². The molecule has 1 N–H and O–H groups in total. The lowest BCUT2D eigenvalue weighted by atomic mass is 10.1. The first-order chi connectivity index (χ1) is 12.1. The SMILES string of the molecule is CCOC(=O)c1cc(C(=O)Nc2nnc(C(F)(F)F)s2)cc([N+](=O)[O-])c1. The standard InChI is InChI=1S/C13H9F3N4O5S/c1-2-25-10(22)7-3-6(4-8(5-7)20(23)24)9(21)17-12-19-18-11(26-12)13(14,15)16/h3-5H,2H2,1H3,(H,17,19,21). The van der Waals surface area contributed by atoms with Gasteiger partial charge in [-0.3, -0.25) is 20.2 Å². The molecular weight excluding hydrogens is 381 g/mol. The van der Waals surface area contributed by atoms with Crippen molar-refractivity contribution in [1.29, 1.82) is 0 Å². The topological polar surface area (TPSA) is 124 Å². The number of nitro groups is 1. The Morgan fingerprint density at radius 2 is 1.92 bits per heavy atom. The number of ether oxygens (including phenoxy) is 1. The highest BCUT2D eigenvalue weighted by atomic mass is 32.1. The first-order valence-electron chi connectivity index (χ1n) is 6.80. The van der Waals surface area contributed by atoms with E-state index in [2.05, 4.69) is 10.2 Å². The number of carbonyl (C=O) groups is 2. The molecule has 0 fully saturated rings. The molecule has 0 saturated heterocycles. The summed E-state index contributed by atoms with van der Waals surface area (Å²) in [7, 11) is 0. The van der Waals surface area contributed by atoms with Gasteiger partial charge in [-0.2, -0.15) is 13.2 Å². The van der Waals surface area contributed by atoms with Crippen LogP contribution in [0.15, 0.2) is 18.2 Å². The molecule has 0 unspecified atom stereocenters. The predicted octanol–water partition coefficient (Wildman–Crippen LogP) is 2.89. The summed E-state index contributed by atoms with van der Waals surface area (Å²) in [5, 5.41) is 17.4. The van der Waals surface area contributed by atoms with Gasteiger partial charge in [-0.1, -0.05) is 11.3 Å². The first kappa shape index (κ1) is 19.2. The highest BCUT2D eigenvalue weighted by molar-refractivity contribution is 7.15. The maximum atomic E-state index is 12.5. The van der Waals surface area contributed by atoms with Gasteiger partial charge in [0.2, 0.25) is 10.1 Å². The van der Waals surface area contributed by atoms with Crippen LogP contribution in [0.5, 0.6) is 0 Å². The van der Waals surface area contributed by atoms with Crippen LogP contribution in [0.2, 0.25) is 0 Å². The number of hydrogen-bond acceptors (Lipinski definition) is 8. The Morgan fingerprint density at radius 1 is 1.27 bits per heavy atom. The van der Waals surface area contributed by atoms with E-state index in [1.54, 1.807) is 0 Å². The molecule has 1 amide bonds. The first-order valence-corrected chi connectivity index (χ1v) is 7.62. The third-order valence-electron chi connectivity index (χ3n) is 2.79. The summed E-state index contributed by atoms with van der Waals surface area (Å²) in [6, 6.07) is 2.80. The van der Waals surface area contributed by atoms with E-state index in [-0.39, 0.29) is 29.1 Å². The van der Waals surface area contributed by atoms with E-state index in [4.69, 9.17) is 4.74 Å². The minimum absolute atomic E-state index is 0.00799. The summed E-state index contributed by atoms with van der Waals surface area (Å²) in [4.78, 5) is 34.0. The van der Waals surface area contributed by atoms with Crippen molar-refractivity contribution in [2.75, 3.05) is 11.9 Å². The fourth-order valence-corrected chi connectivity index (χ4v) is 2.34. The second-order valence-corrected chi connectivity index (χ2v) is 5.59. The van der Waals surface area contributed by atoms with Gasteiger partial charge in [0.05, 0.1) is 17.1 Å². The van der Waals surface area contributed by atoms with E-state index in [9.17, 15) is 32.9 Å². The van der Waals surface area contributed by atoms with Crippen LogP contribution < -0.4 is 5.32 Å². The molecule has 2 rings (SSSR count). The molecule has 1 aromatic heterocycles. The largest absolute Gasteiger partial charge is 0.462 e. The molecule has 0 saturated carbocycles. The number of amides is 1. The summed E-state index contributed by atoms with van der Waals surface area (Å²) < 4.78 is 42.2. The van der Waals surface area contributed by atoms with Crippen LogP contribution in [-0.4, -0.2) is 33.6 Å². The second-order valence-electron chi connectivity index (χ2n) is 4.61. The Kier molecular flexibility index (Phi) is 5.50. The number of non-ortho nitro benzene ring substituents is 1. The number of carbonyl (C=O) groups excluding carboxylic acids is 2. The second kappa shape index (κ2) is 7.43. The zero-order valence-corrected chi connectivity index (χ0v) is 13.7. The molecule has 0 spiro atoms. The lowest BCUT2D eigenvalue weighted by molar-refractivity contribution is -0.384. The molecule has 138 valence electrons. The molecule has 0 aliphatic rings. The van der Waals surface area contributed by atoms with E-state index in [0.717, 1.165) is 18.2 Å². The number of alkyl halides is 3. The van der Waals surface area contributed by atoms with Crippen molar-refractivity contribution >= 4 is 34.0 Å². The molecule has 0 atom stereocenters. The van der Waals surface area contributed by atoms with Crippen molar-refractivity contribution < 1.29 is 32.4 Å². The summed E-state index contributed by atoms with van der Waals surface area (Å²) >= 11 is 0.0873. The fraction of sp³-hybridized carbons (Fsp3) is 0.231. The van der Waals surface area contributed by atoms with Crippen LogP contribution in [0.1, 0.15) is 32.6 Å². The maximum absolute atomic E-state index is 12.5. The van der Waals surface area contributed by atoms with E-state index >= 15 is 0 Å². The highest BCUT2D eigenvalue weighted by Gasteiger charge is 2.35. The number of hydrogen-bond donors (Lipinski definition) is 1. The highest BCUT2D eigenvalue weighted by Crippen LogP contribution is 2.33. The van der Waals surface area contributed by atoms with Crippen LogP contribution in [-0.2, 0) is 10.9 Å². The number of nitrogens with one attached hydrogen (secondary N) is 1. The third kappa shape index (κ3) is 4.50. The van der Waals surface area contributed by atoms with Gasteiger partial charge in [0.15, 0.2) is 0 Å². The van der Waals surface area contributed by atoms with Gasteiger partial charge >= 0.3 is 12.1 Å². The number of esters is 1. The average molecular weight is 390 g/mol. The molecular formula is C13H9F3N4O5S. The van der Waals surface area contributed by atoms with Gasteiger partial charge < -0.3 is 4.74 Å². The molecule has 0 radical (unpaired) electrons. The van der Waals surface area contributed by atoms with Crippen LogP contribution in [0.25, 0.3) is 0 Å². The number of anilines is 1. The monoisotopic (exact) mass is 390 g/mol. The van der Waals surface area contributed by atoms with Gasteiger partial charge in [-0.05, 0) is 13.0 Å². The van der Waals surface area contributed by atoms with Gasteiger partial charge in [-0.25, -0.2) is 4.79 Å². The number of halogens is 3. The Hall–Kier alpha value is -3.09. The summed E-state index contributed by atoms with van der Waals surface area (Å²) in [5.41, 5.74) is -1.14. The Balaban J connectivity index is 2.31. The quantitative estimate of drug-likeness (QED) is 0.473. The van der Waals surface area contributed by atoms with Gasteiger partial charge in [-0.15, -0.1) is 10.2 Å². The van der Waals surface area contributed by atoms with Crippen molar-refractivity contribution in [3.63, 3.8) is 0 Å². The van der Waals surface area contributed by atoms with Gasteiger partial charge in [0.25, 0.3) is 11.6 Å². The smallest absolute Gasteiger partial charge is 0.445 e. The van der Waals surface area contributed by atoms with E-state index < -0.39 is 38.8 Å². The van der Waals surface area contributed by atoms with E-state index in [1.807, 2.05) is 5.32 Å². The summed E-state index contributed by atoms with van der Waals surface area (Å²) in [6.07, 6.45) is -4.72. The number of rotatable bonds is 5. The molecule has 13 heteroatoms. The Labute approximate surface area is 146 Å². The lowest BCUT2D eigenvalue weighted by Gasteiger charge is -2.05. The van der Waals surface area contributed by atoms with Crippen LogP contribution in [0.4, 0.5) is 24.0 Å². The van der Waals surface area contributed by atoms with Gasteiger partial charge in [0, 0.05) is 17.7 Å². The molecule has 1 aromatic carbocycles. The molecule has 1 heterocycles. The summed E-state index contributed by atoms with van der Waals surface area (Å²) in [6.45, 7) is 1.53. The van der Waals surface area contributed by atoms with Gasteiger partial charge in [0.1, 0.15) is 0 Å². The number of aromatic nitrogens is 2. The van der Waals surface area contributed by atoms with Crippen molar-refractivity contribution in [3.05, 3.63) is 44.4 Å². The molecule has 9 nitrogen and oxygen atoms in total. The van der Waals surface area contributed by atoms with Crippen molar-refractivity contribution in [1.82, 2.24) is 10.2 Å². The number of nitrogens with zero attached hydrogens (tertiary/aromatic N) is 3. The normalized spacial score (nSPS) is 11.1. The maximum Gasteiger partial charge on any atom is 0.445 e. The molecule has 0 bridgehead atoms. The number of benzene rings is 1. The fourth-order valence-electron chi connectivity index (χ4n) is 1.74. The third-order valence-corrected chi connectivity index (χ3v) is 3.67. The van der Waals surface area contributed by atoms with Crippen LogP contribution >= 0.6 is 11.3 Å². The van der Waals surface area contributed by atoms with Crippen molar-refractivity contribution in [2.45, 2.75) is 13.1 Å². The molecule has 0 aliphatic carbocycles. The van der Waals surface area contributed by atoms with E-state index in [1.165, 1.54) is 6.92 Å². The van der Waals surface area contributed by atoms with Crippen LogP contribution in [0.3, 0.4) is 0 Å². The Bertz CT molecular complexity index is 868. The molecule has 2 aromatic rings. The summed E-state index contributed by atoms with van der Waals surface area (Å²) in [5.74, 6) is -1.88. The minimum Gasteiger partial charge on any atom is -0.462 e. The Morgan fingerprint density at radius 3 is 2.46 bits per heavy atom. The predicted molar refractivity (Wildman–Crippen MR) is 81.9 cm³/mol.